The standard InChI is InChI=1S/C18H28O4/c1-9-11-5-6-17(4)14-12(21-18(9,17)19)7-10-8-20-16(2,3)22-15(10)13(11)14/h9-15,19H,5-8H2,1-4H3/t9-,10+,11?,12-,13-,14-,15-,17?,18+/m1/s1. The molecule has 2 unspecified atom stereocenters. The van der Waals surface area contributed by atoms with E-state index < -0.39 is 11.6 Å². The molecule has 9 atom stereocenters. The summed E-state index contributed by atoms with van der Waals surface area (Å²) >= 11 is 0. The lowest BCUT2D eigenvalue weighted by Gasteiger charge is -2.64. The second-order valence-corrected chi connectivity index (χ2v) is 9.15. The molecule has 0 radical (unpaired) electrons. The quantitative estimate of drug-likeness (QED) is 0.747. The van der Waals surface area contributed by atoms with E-state index in [2.05, 4.69) is 13.8 Å². The van der Waals surface area contributed by atoms with Gasteiger partial charge in [-0.2, -0.15) is 0 Å². The molecule has 4 bridgehead atoms. The average molecular weight is 308 g/mol. The van der Waals surface area contributed by atoms with Gasteiger partial charge < -0.3 is 19.3 Å². The number of ether oxygens (including phenoxy) is 3. The summed E-state index contributed by atoms with van der Waals surface area (Å²) in [5.41, 5.74) is -0.104. The van der Waals surface area contributed by atoms with Crippen LogP contribution >= 0.6 is 0 Å². The van der Waals surface area contributed by atoms with Crippen LogP contribution in [-0.4, -0.2) is 35.5 Å². The molecule has 4 saturated carbocycles. The summed E-state index contributed by atoms with van der Waals surface area (Å²) in [7, 11) is 0. The highest BCUT2D eigenvalue weighted by Crippen LogP contribution is 2.72. The summed E-state index contributed by atoms with van der Waals surface area (Å²) in [6, 6.07) is 0. The fraction of sp³-hybridized carbons (Fsp3) is 1.00. The summed E-state index contributed by atoms with van der Waals surface area (Å²) in [6.45, 7) is 9.28. The molecule has 22 heavy (non-hydrogen) atoms. The maximum Gasteiger partial charge on any atom is 0.174 e. The van der Waals surface area contributed by atoms with E-state index in [4.69, 9.17) is 14.2 Å². The van der Waals surface area contributed by atoms with E-state index in [1.807, 2.05) is 13.8 Å². The van der Waals surface area contributed by atoms with Gasteiger partial charge in [0.05, 0.1) is 18.8 Å². The lowest BCUT2D eigenvalue weighted by molar-refractivity contribution is -0.339. The van der Waals surface area contributed by atoms with Crippen molar-refractivity contribution in [3.63, 3.8) is 0 Å². The molecule has 0 aromatic carbocycles. The number of aliphatic hydroxyl groups is 1. The van der Waals surface area contributed by atoms with Crippen LogP contribution in [0.4, 0.5) is 0 Å². The first-order chi connectivity index (χ1) is 10.3. The van der Waals surface area contributed by atoms with Crippen LogP contribution in [0.5, 0.6) is 0 Å². The topological polar surface area (TPSA) is 47.9 Å². The van der Waals surface area contributed by atoms with Crippen molar-refractivity contribution in [2.24, 2.45) is 35.0 Å². The lowest BCUT2D eigenvalue weighted by Crippen LogP contribution is -2.68. The monoisotopic (exact) mass is 308 g/mol. The zero-order valence-electron chi connectivity index (χ0n) is 14.0. The van der Waals surface area contributed by atoms with Crippen molar-refractivity contribution in [1.29, 1.82) is 0 Å². The van der Waals surface area contributed by atoms with Gasteiger partial charge in [0.15, 0.2) is 11.6 Å². The highest BCUT2D eigenvalue weighted by molar-refractivity contribution is 5.20. The minimum Gasteiger partial charge on any atom is -0.365 e. The van der Waals surface area contributed by atoms with Gasteiger partial charge in [0, 0.05) is 23.2 Å². The van der Waals surface area contributed by atoms with Crippen molar-refractivity contribution < 1.29 is 19.3 Å². The van der Waals surface area contributed by atoms with Crippen LogP contribution in [0, 0.1) is 35.0 Å². The summed E-state index contributed by atoms with van der Waals surface area (Å²) in [6.07, 6.45) is 3.71. The minimum absolute atomic E-state index is 0.104. The Morgan fingerprint density at radius 1 is 1.14 bits per heavy atom. The minimum atomic E-state index is -0.925. The third kappa shape index (κ3) is 1.40. The third-order valence-corrected chi connectivity index (χ3v) is 7.90. The first-order valence-electron chi connectivity index (χ1n) is 8.99. The Kier molecular flexibility index (Phi) is 2.52. The molecule has 4 aliphatic carbocycles. The third-order valence-electron chi connectivity index (χ3n) is 7.90. The van der Waals surface area contributed by atoms with Crippen LogP contribution in [0.3, 0.4) is 0 Å². The SMILES string of the molecule is C[C@@H]1C2CCC3(C)[C@H]4[C@@H]2[C@@H]2OC(C)(C)OC[C@@H]2C[C@H]4O[C@@]13O. The van der Waals surface area contributed by atoms with Crippen molar-refractivity contribution >= 4 is 0 Å². The van der Waals surface area contributed by atoms with Gasteiger partial charge in [-0.1, -0.05) is 13.8 Å². The van der Waals surface area contributed by atoms with Crippen LogP contribution in [0.2, 0.25) is 0 Å². The molecule has 0 spiro atoms. The van der Waals surface area contributed by atoms with Gasteiger partial charge in [0.25, 0.3) is 0 Å². The molecule has 2 saturated heterocycles. The van der Waals surface area contributed by atoms with E-state index in [0.29, 0.717) is 23.7 Å². The average Bonchev–Trinajstić information content (AvgIpc) is 2.65. The fourth-order valence-corrected chi connectivity index (χ4v) is 6.93. The molecule has 0 aromatic heterocycles. The molecule has 6 rings (SSSR count). The van der Waals surface area contributed by atoms with Crippen molar-refractivity contribution in [1.82, 2.24) is 0 Å². The van der Waals surface area contributed by atoms with Gasteiger partial charge in [-0.15, -0.1) is 0 Å². The predicted molar refractivity (Wildman–Crippen MR) is 79.8 cm³/mol. The normalized spacial score (nSPS) is 64.5. The number of fused-ring (bicyclic) bond motifs is 2. The van der Waals surface area contributed by atoms with E-state index in [9.17, 15) is 5.11 Å². The molecule has 6 aliphatic rings. The molecule has 2 heterocycles. The van der Waals surface area contributed by atoms with E-state index in [1.165, 1.54) is 6.42 Å². The first-order valence-corrected chi connectivity index (χ1v) is 8.99. The van der Waals surface area contributed by atoms with Gasteiger partial charge in [-0.25, -0.2) is 0 Å². The van der Waals surface area contributed by atoms with Crippen LogP contribution in [0.15, 0.2) is 0 Å². The van der Waals surface area contributed by atoms with E-state index in [-0.39, 0.29) is 23.5 Å². The smallest absolute Gasteiger partial charge is 0.174 e. The molecule has 124 valence electrons. The van der Waals surface area contributed by atoms with Crippen molar-refractivity contribution in [2.75, 3.05) is 6.61 Å². The molecule has 1 N–H and O–H groups in total. The Morgan fingerprint density at radius 3 is 2.68 bits per heavy atom. The molecule has 0 amide bonds. The maximum absolute atomic E-state index is 11.3. The Labute approximate surface area is 132 Å². The van der Waals surface area contributed by atoms with E-state index in [1.54, 1.807) is 0 Å². The maximum atomic E-state index is 11.3. The van der Waals surface area contributed by atoms with Crippen molar-refractivity contribution in [3.05, 3.63) is 0 Å². The molecular formula is C18H28O4. The van der Waals surface area contributed by atoms with Gasteiger partial charge in [-0.05, 0) is 44.9 Å². The van der Waals surface area contributed by atoms with Crippen molar-refractivity contribution in [3.8, 4) is 0 Å². The predicted octanol–water partition coefficient (Wildman–Crippen LogP) is 2.54. The van der Waals surface area contributed by atoms with Gasteiger partial charge >= 0.3 is 0 Å². The van der Waals surface area contributed by atoms with Gasteiger partial charge in [0.1, 0.15) is 0 Å². The Hall–Kier alpha value is -0.160. The number of hydrogen-bond acceptors (Lipinski definition) is 4. The van der Waals surface area contributed by atoms with Crippen LogP contribution < -0.4 is 0 Å². The lowest BCUT2D eigenvalue weighted by atomic mass is 9.43. The van der Waals surface area contributed by atoms with Gasteiger partial charge in [0.2, 0.25) is 0 Å². The van der Waals surface area contributed by atoms with Crippen LogP contribution in [-0.2, 0) is 14.2 Å². The zero-order chi connectivity index (χ0) is 15.5. The molecule has 0 aromatic rings. The van der Waals surface area contributed by atoms with E-state index in [0.717, 1.165) is 19.4 Å². The van der Waals surface area contributed by atoms with Crippen LogP contribution in [0.25, 0.3) is 0 Å². The summed E-state index contributed by atoms with van der Waals surface area (Å²) < 4.78 is 18.7. The molecule has 4 heteroatoms. The zero-order valence-corrected chi connectivity index (χ0v) is 14.0. The largest absolute Gasteiger partial charge is 0.365 e. The Morgan fingerprint density at radius 2 is 1.91 bits per heavy atom. The summed E-state index contributed by atoms with van der Waals surface area (Å²) in [5.74, 6) is 0.688. The highest BCUT2D eigenvalue weighted by Gasteiger charge is 2.77. The summed E-state index contributed by atoms with van der Waals surface area (Å²) in [4.78, 5) is 0. The highest BCUT2D eigenvalue weighted by atomic mass is 16.7. The first kappa shape index (κ1) is 14.2. The second kappa shape index (κ2) is 3.90. The molecular weight excluding hydrogens is 280 g/mol. The summed E-state index contributed by atoms with van der Waals surface area (Å²) in [5, 5.41) is 11.3. The van der Waals surface area contributed by atoms with Gasteiger partial charge in [-0.3, -0.25) is 0 Å². The number of hydrogen-bond donors (Lipinski definition) is 1. The Bertz CT molecular complexity index is 519. The fourth-order valence-electron chi connectivity index (χ4n) is 6.93. The van der Waals surface area contributed by atoms with E-state index >= 15 is 0 Å². The van der Waals surface area contributed by atoms with Crippen molar-refractivity contribution in [2.45, 2.75) is 70.7 Å². The Balaban J connectivity index is 1.61. The van der Waals surface area contributed by atoms with Crippen LogP contribution in [0.1, 0.15) is 47.0 Å². The molecule has 2 aliphatic heterocycles. The second-order valence-electron chi connectivity index (χ2n) is 9.15. The molecule has 4 nitrogen and oxygen atoms in total. The number of rotatable bonds is 0. The molecule has 6 fully saturated rings.